The van der Waals surface area contributed by atoms with Crippen LogP contribution in [0.25, 0.3) is 30.6 Å². The summed E-state index contributed by atoms with van der Waals surface area (Å²) in [6, 6.07) is 17.3. The van der Waals surface area contributed by atoms with Gasteiger partial charge in [0.25, 0.3) is 0 Å². The van der Waals surface area contributed by atoms with Gasteiger partial charge in [-0.25, -0.2) is 4.57 Å². The Labute approximate surface area is 143 Å². The number of aryl methyl sites for hydroxylation is 1. The van der Waals surface area contributed by atoms with E-state index >= 15 is 0 Å². The van der Waals surface area contributed by atoms with Gasteiger partial charge >= 0.3 is 0 Å². The van der Waals surface area contributed by atoms with E-state index in [1.165, 1.54) is 30.6 Å². The summed E-state index contributed by atoms with van der Waals surface area (Å²) < 4.78 is 2.05. The highest BCUT2D eigenvalue weighted by Crippen LogP contribution is 2.39. The molecule has 0 aliphatic heterocycles. The first kappa shape index (κ1) is 14.3. The minimum Gasteiger partial charge on any atom is -0.265 e. The van der Waals surface area contributed by atoms with Crippen LogP contribution in [0.1, 0.15) is 0 Å². The Morgan fingerprint density at radius 2 is 1.13 bits per heavy atom. The number of pyridine rings is 2. The van der Waals surface area contributed by atoms with Crippen LogP contribution in [0, 0.1) is 0 Å². The van der Waals surface area contributed by atoms with Crippen LogP contribution >= 0.6 is 22.7 Å². The van der Waals surface area contributed by atoms with Crippen molar-refractivity contribution >= 4 is 22.7 Å². The van der Waals surface area contributed by atoms with Gasteiger partial charge in [0.15, 0.2) is 12.4 Å². The maximum Gasteiger partial charge on any atom is 0.169 e. The Kier molecular flexibility index (Phi) is 3.77. The van der Waals surface area contributed by atoms with Gasteiger partial charge in [-0.1, -0.05) is 0 Å². The lowest BCUT2D eigenvalue weighted by molar-refractivity contribution is -0.671. The lowest BCUT2D eigenvalue weighted by Gasteiger charge is -1.95. The van der Waals surface area contributed by atoms with Crippen molar-refractivity contribution in [2.75, 3.05) is 0 Å². The summed E-state index contributed by atoms with van der Waals surface area (Å²) in [6.45, 7) is 0. The largest absolute Gasteiger partial charge is 0.265 e. The van der Waals surface area contributed by atoms with Crippen LogP contribution in [0.3, 0.4) is 0 Å². The van der Waals surface area contributed by atoms with Crippen molar-refractivity contribution in [3.8, 4) is 30.6 Å². The van der Waals surface area contributed by atoms with E-state index < -0.39 is 0 Å². The third-order valence-corrected chi connectivity index (χ3v) is 6.15. The monoisotopic (exact) mass is 335 g/mol. The molecule has 112 valence electrons. The second-order valence-electron chi connectivity index (χ2n) is 5.32. The zero-order valence-corrected chi connectivity index (χ0v) is 14.3. The van der Waals surface area contributed by atoms with Crippen molar-refractivity contribution in [2.45, 2.75) is 0 Å². The quantitative estimate of drug-likeness (QED) is 0.480. The number of aromatic nitrogens is 2. The van der Waals surface area contributed by atoms with E-state index in [-0.39, 0.29) is 0 Å². The Morgan fingerprint density at radius 1 is 0.652 bits per heavy atom. The Bertz CT molecular complexity index is 921. The second kappa shape index (κ2) is 6.07. The van der Waals surface area contributed by atoms with Crippen molar-refractivity contribution in [3.63, 3.8) is 0 Å². The summed E-state index contributed by atoms with van der Waals surface area (Å²) in [5, 5.41) is 0. The fraction of sp³-hybridized carbons (Fsp3) is 0.0526. The number of thiophene rings is 2. The van der Waals surface area contributed by atoms with Crippen molar-refractivity contribution < 1.29 is 4.57 Å². The molecule has 23 heavy (non-hydrogen) atoms. The molecule has 0 amide bonds. The van der Waals surface area contributed by atoms with Crippen molar-refractivity contribution in [3.05, 3.63) is 73.3 Å². The van der Waals surface area contributed by atoms with E-state index in [9.17, 15) is 0 Å². The summed E-state index contributed by atoms with van der Waals surface area (Å²) in [5.74, 6) is 0. The molecule has 0 bridgehead atoms. The molecule has 2 nitrogen and oxygen atoms in total. The Hall–Kier alpha value is -2.30. The fourth-order valence-electron chi connectivity index (χ4n) is 2.43. The molecule has 0 aromatic carbocycles. The normalized spacial score (nSPS) is 10.8. The van der Waals surface area contributed by atoms with Gasteiger partial charge in [-0.2, -0.15) is 0 Å². The van der Waals surface area contributed by atoms with Crippen molar-refractivity contribution in [1.82, 2.24) is 4.98 Å². The number of hydrogen-bond donors (Lipinski definition) is 0. The van der Waals surface area contributed by atoms with E-state index in [4.69, 9.17) is 0 Å². The summed E-state index contributed by atoms with van der Waals surface area (Å²) in [7, 11) is 2.04. The topological polar surface area (TPSA) is 16.8 Å². The summed E-state index contributed by atoms with van der Waals surface area (Å²) in [6.07, 6.45) is 7.85. The molecule has 4 heterocycles. The molecule has 0 saturated heterocycles. The Balaban J connectivity index is 1.65. The van der Waals surface area contributed by atoms with Gasteiger partial charge in [-0.05, 0) is 42.0 Å². The summed E-state index contributed by atoms with van der Waals surface area (Å²) in [5.41, 5.74) is 2.49. The molecule has 0 fully saturated rings. The summed E-state index contributed by atoms with van der Waals surface area (Å²) in [4.78, 5) is 9.30. The van der Waals surface area contributed by atoms with Gasteiger partial charge in [0.05, 0.1) is 0 Å². The maximum atomic E-state index is 4.08. The number of rotatable bonds is 3. The van der Waals surface area contributed by atoms with E-state index in [2.05, 4.69) is 70.5 Å². The van der Waals surface area contributed by atoms with Crippen LogP contribution in [0.15, 0.2) is 73.3 Å². The third-order valence-electron chi connectivity index (χ3n) is 3.68. The van der Waals surface area contributed by atoms with E-state index in [0.29, 0.717) is 0 Å². The predicted octanol–water partition coefficient (Wildman–Crippen LogP) is 5.03. The fourth-order valence-corrected chi connectivity index (χ4v) is 4.55. The molecule has 0 unspecified atom stereocenters. The molecule has 4 aromatic heterocycles. The van der Waals surface area contributed by atoms with Gasteiger partial charge in [-0.3, -0.25) is 4.98 Å². The molecule has 4 rings (SSSR count). The molecule has 0 spiro atoms. The summed E-state index contributed by atoms with van der Waals surface area (Å²) >= 11 is 3.67. The molecule has 0 radical (unpaired) electrons. The molecule has 0 aliphatic carbocycles. The zero-order chi connectivity index (χ0) is 15.6. The number of hydrogen-bond acceptors (Lipinski definition) is 3. The molecule has 0 atom stereocenters. The minimum atomic E-state index is 1.23. The van der Waals surface area contributed by atoms with Gasteiger partial charge in [0.2, 0.25) is 0 Å². The average molecular weight is 335 g/mol. The van der Waals surface area contributed by atoms with E-state index in [0.717, 1.165) is 0 Å². The standard InChI is InChI=1S/C19H15N2S2/c1-21-12-8-15(9-13-21)17-3-5-19(23-17)18-4-2-16(22-18)14-6-10-20-11-7-14/h2-13H,1H3/q+1. The van der Waals surface area contributed by atoms with E-state index in [1.54, 1.807) is 0 Å². The maximum absolute atomic E-state index is 4.08. The number of nitrogens with zero attached hydrogens (tertiary/aromatic N) is 2. The van der Waals surface area contributed by atoms with Crippen molar-refractivity contribution in [1.29, 1.82) is 0 Å². The highest BCUT2D eigenvalue weighted by atomic mass is 32.1. The molecule has 0 aliphatic rings. The van der Waals surface area contributed by atoms with Crippen LogP contribution in [0.4, 0.5) is 0 Å². The predicted molar refractivity (Wildman–Crippen MR) is 97.5 cm³/mol. The van der Waals surface area contributed by atoms with Crippen LogP contribution in [0.5, 0.6) is 0 Å². The Morgan fingerprint density at radius 3 is 1.70 bits per heavy atom. The van der Waals surface area contributed by atoms with Crippen LogP contribution in [-0.2, 0) is 7.05 Å². The molecule has 0 saturated carbocycles. The SMILES string of the molecule is C[n+]1ccc(-c2ccc(-c3ccc(-c4ccncc4)s3)s2)cc1. The van der Waals surface area contributed by atoms with Crippen molar-refractivity contribution in [2.24, 2.45) is 7.05 Å². The van der Waals surface area contributed by atoms with Gasteiger partial charge in [0.1, 0.15) is 7.05 Å². The first-order valence-electron chi connectivity index (χ1n) is 7.36. The van der Waals surface area contributed by atoms with Gasteiger partial charge in [0, 0.05) is 49.6 Å². The minimum absolute atomic E-state index is 1.23. The lowest BCUT2D eigenvalue weighted by Crippen LogP contribution is -2.25. The second-order valence-corrected chi connectivity index (χ2v) is 7.48. The van der Waals surface area contributed by atoms with Gasteiger partial charge in [-0.15, -0.1) is 22.7 Å². The molecule has 0 N–H and O–H groups in total. The smallest absolute Gasteiger partial charge is 0.169 e. The first-order chi connectivity index (χ1) is 11.3. The molecular weight excluding hydrogens is 320 g/mol. The first-order valence-corrected chi connectivity index (χ1v) is 8.99. The zero-order valence-electron chi connectivity index (χ0n) is 12.6. The highest BCUT2D eigenvalue weighted by Gasteiger charge is 2.09. The lowest BCUT2D eigenvalue weighted by atomic mass is 10.2. The van der Waals surface area contributed by atoms with Crippen LogP contribution in [-0.4, -0.2) is 4.98 Å². The highest BCUT2D eigenvalue weighted by molar-refractivity contribution is 7.25. The molecule has 4 heteroatoms. The molecule has 4 aromatic rings. The third kappa shape index (κ3) is 2.96. The van der Waals surface area contributed by atoms with E-state index in [1.807, 2.05) is 42.1 Å². The van der Waals surface area contributed by atoms with Crippen LogP contribution < -0.4 is 4.57 Å². The van der Waals surface area contributed by atoms with Crippen LogP contribution in [0.2, 0.25) is 0 Å². The average Bonchev–Trinajstić information content (AvgIpc) is 3.26. The molecular formula is C19H15N2S2+. The van der Waals surface area contributed by atoms with Gasteiger partial charge < -0.3 is 0 Å².